The summed E-state index contributed by atoms with van der Waals surface area (Å²) in [5.74, 6) is -0.426. The molecular weight excluding hydrogens is 335 g/mol. The maximum absolute atomic E-state index is 11.2. The fourth-order valence-corrected chi connectivity index (χ4v) is 2.32. The number of hydrogen-bond donors (Lipinski definition) is 1. The van der Waals surface area contributed by atoms with Crippen molar-refractivity contribution in [3.8, 4) is 11.8 Å². The van der Waals surface area contributed by atoms with Gasteiger partial charge in [0.2, 0.25) is 0 Å². The van der Waals surface area contributed by atoms with Gasteiger partial charge in [-0.2, -0.15) is 10.4 Å². The highest BCUT2D eigenvalue weighted by Crippen LogP contribution is 2.21. The minimum absolute atomic E-state index is 0. The molecular formula is C16H16Cl2N4O. The Hall–Kier alpha value is -2.29. The number of nitrogens with zero attached hydrogens (tertiary/aromatic N) is 3. The molecule has 5 nitrogen and oxygen atoms in total. The molecule has 0 bridgehead atoms. The van der Waals surface area contributed by atoms with Crippen LogP contribution in [0.2, 0.25) is 5.02 Å². The van der Waals surface area contributed by atoms with E-state index in [1.165, 1.54) is 0 Å². The van der Waals surface area contributed by atoms with E-state index in [1.807, 2.05) is 44.2 Å². The minimum atomic E-state index is -0.426. The second-order valence-electron chi connectivity index (χ2n) is 4.77. The predicted molar refractivity (Wildman–Crippen MR) is 93.5 cm³/mol. The van der Waals surface area contributed by atoms with Gasteiger partial charge in [0.25, 0.3) is 5.91 Å². The van der Waals surface area contributed by atoms with Crippen LogP contribution < -0.4 is 5.43 Å². The number of carbonyl (C=O) groups excluding carboxylic acids is 1. The van der Waals surface area contributed by atoms with E-state index in [-0.39, 0.29) is 18.8 Å². The third kappa shape index (κ3) is 4.59. The Bertz CT molecular complexity index is 758. The average molecular weight is 351 g/mol. The van der Waals surface area contributed by atoms with E-state index in [9.17, 15) is 4.79 Å². The van der Waals surface area contributed by atoms with Gasteiger partial charge >= 0.3 is 0 Å². The van der Waals surface area contributed by atoms with Crippen LogP contribution in [0.5, 0.6) is 0 Å². The summed E-state index contributed by atoms with van der Waals surface area (Å²) in [6.07, 6.45) is 1.37. The summed E-state index contributed by atoms with van der Waals surface area (Å²) in [5.41, 5.74) is 6.26. The van der Waals surface area contributed by atoms with Gasteiger partial charge in [-0.15, -0.1) is 12.4 Å². The molecule has 1 aromatic heterocycles. The summed E-state index contributed by atoms with van der Waals surface area (Å²) >= 11 is 5.91. The quantitative estimate of drug-likeness (QED) is 0.676. The molecule has 0 fully saturated rings. The molecule has 1 heterocycles. The second-order valence-corrected chi connectivity index (χ2v) is 5.20. The van der Waals surface area contributed by atoms with Crippen molar-refractivity contribution in [2.45, 2.75) is 20.3 Å². The molecule has 0 spiro atoms. The molecule has 0 aliphatic rings. The number of aromatic nitrogens is 1. The normalized spacial score (nSPS) is 10.2. The van der Waals surface area contributed by atoms with Gasteiger partial charge in [-0.3, -0.25) is 4.79 Å². The van der Waals surface area contributed by atoms with Crippen molar-refractivity contribution in [2.75, 3.05) is 0 Å². The number of amides is 1. The van der Waals surface area contributed by atoms with Crippen LogP contribution in [0.3, 0.4) is 0 Å². The highest BCUT2D eigenvalue weighted by atomic mass is 35.5. The molecule has 0 atom stereocenters. The first kappa shape index (κ1) is 18.8. The molecule has 0 saturated carbocycles. The first-order chi connectivity index (χ1) is 10.5. The van der Waals surface area contributed by atoms with Gasteiger partial charge in [-0.05, 0) is 44.2 Å². The summed E-state index contributed by atoms with van der Waals surface area (Å²) in [6, 6.07) is 11.3. The third-order valence-corrected chi connectivity index (χ3v) is 3.44. The maximum atomic E-state index is 11.2. The Kier molecular flexibility index (Phi) is 6.83. The van der Waals surface area contributed by atoms with E-state index in [0.717, 1.165) is 22.6 Å². The summed E-state index contributed by atoms with van der Waals surface area (Å²) in [7, 11) is 0. The number of halogens is 2. The van der Waals surface area contributed by atoms with Crippen molar-refractivity contribution in [2.24, 2.45) is 5.10 Å². The Labute approximate surface area is 146 Å². The smallest absolute Gasteiger partial charge is 0.254 e. The monoisotopic (exact) mass is 350 g/mol. The van der Waals surface area contributed by atoms with Crippen molar-refractivity contribution in [3.05, 3.63) is 52.3 Å². The zero-order valence-electron chi connectivity index (χ0n) is 12.7. The molecule has 120 valence electrons. The molecule has 0 unspecified atom stereocenters. The molecule has 2 aromatic rings. The lowest BCUT2D eigenvalue weighted by atomic mass is 10.2. The Balaban J connectivity index is 0.00000264. The molecule has 23 heavy (non-hydrogen) atoms. The highest BCUT2D eigenvalue weighted by molar-refractivity contribution is 6.30. The fourth-order valence-electron chi connectivity index (χ4n) is 2.19. The van der Waals surface area contributed by atoms with E-state index < -0.39 is 5.91 Å². The molecule has 0 aliphatic heterocycles. The van der Waals surface area contributed by atoms with Crippen molar-refractivity contribution in [1.82, 2.24) is 9.99 Å². The summed E-state index contributed by atoms with van der Waals surface area (Å²) in [6.45, 7) is 3.97. The van der Waals surface area contributed by atoms with Crippen LogP contribution in [0.1, 0.15) is 23.4 Å². The van der Waals surface area contributed by atoms with Crippen molar-refractivity contribution in [1.29, 1.82) is 5.26 Å². The third-order valence-electron chi connectivity index (χ3n) is 3.19. The lowest BCUT2D eigenvalue weighted by molar-refractivity contribution is -0.120. The van der Waals surface area contributed by atoms with Crippen molar-refractivity contribution >= 4 is 36.1 Å². The number of nitriles is 1. The zero-order valence-corrected chi connectivity index (χ0v) is 14.3. The van der Waals surface area contributed by atoms with E-state index in [2.05, 4.69) is 15.1 Å². The van der Waals surface area contributed by atoms with Crippen LogP contribution in [-0.4, -0.2) is 16.7 Å². The molecule has 0 aliphatic carbocycles. The van der Waals surface area contributed by atoms with E-state index in [0.29, 0.717) is 5.02 Å². The van der Waals surface area contributed by atoms with Crippen LogP contribution in [0.4, 0.5) is 0 Å². The first-order valence-corrected chi connectivity index (χ1v) is 7.04. The summed E-state index contributed by atoms with van der Waals surface area (Å²) < 4.78 is 2.08. The van der Waals surface area contributed by atoms with E-state index in [4.69, 9.17) is 16.9 Å². The maximum Gasteiger partial charge on any atom is 0.254 e. The molecule has 2 rings (SSSR count). The number of nitrogens with one attached hydrogen (secondary N) is 1. The number of rotatable bonds is 4. The lowest BCUT2D eigenvalue weighted by Crippen LogP contribution is -2.16. The van der Waals surface area contributed by atoms with Gasteiger partial charge in [-0.1, -0.05) is 11.6 Å². The topological polar surface area (TPSA) is 70.2 Å². The van der Waals surface area contributed by atoms with Gasteiger partial charge in [0.15, 0.2) is 0 Å². The Morgan fingerprint density at radius 1 is 1.39 bits per heavy atom. The Morgan fingerprint density at radius 3 is 2.65 bits per heavy atom. The van der Waals surface area contributed by atoms with Crippen LogP contribution in [0.15, 0.2) is 35.4 Å². The molecule has 1 amide bonds. The zero-order chi connectivity index (χ0) is 16.1. The van der Waals surface area contributed by atoms with Crippen LogP contribution in [-0.2, 0) is 4.79 Å². The molecule has 1 N–H and O–H groups in total. The number of hydrazone groups is 1. The predicted octanol–water partition coefficient (Wildman–Crippen LogP) is 3.53. The van der Waals surface area contributed by atoms with Crippen LogP contribution >= 0.6 is 24.0 Å². The summed E-state index contributed by atoms with van der Waals surface area (Å²) in [5, 5.41) is 13.0. The Morgan fingerprint density at radius 2 is 2.04 bits per heavy atom. The van der Waals surface area contributed by atoms with Crippen molar-refractivity contribution < 1.29 is 4.79 Å². The minimum Gasteiger partial charge on any atom is -0.318 e. The molecule has 0 radical (unpaired) electrons. The number of aryl methyl sites for hydroxylation is 1. The number of carbonyl (C=O) groups is 1. The van der Waals surface area contributed by atoms with Gasteiger partial charge in [0, 0.05) is 27.7 Å². The average Bonchev–Trinajstić information content (AvgIpc) is 2.75. The largest absolute Gasteiger partial charge is 0.318 e. The number of benzene rings is 1. The molecule has 0 saturated heterocycles. The van der Waals surface area contributed by atoms with Crippen LogP contribution in [0, 0.1) is 25.2 Å². The van der Waals surface area contributed by atoms with Gasteiger partial charge < -0.3 is 4.57 Å². The van der Waals surface area contributed by atoms with E-state index in [1.54, 1.807) is 12.3 Å². The first-order valence-electron chi connectivity index (χ1n) is 6.66. The van der Waals surface area contributed by atoms with Gasteiger partial charge in [0.1, 0.15) is 6.42 Å². The fraction of sp³-hybridized carbons (Fsp3) is 0.188. The summed E-state index contributed by atoms with van der Waals surface area (Å²) in [4.78, 5) is 11.2. The highest BCUT2D eigenvalue weighted by Gasteiger charge is 2.09. The molecule has 1 aromatic carbocycles. The van der Waals surface area contributed by atoms with Gasteiger partial charge in [0.05, 0.1) is 12.3 Å². The lowest BCUT2D eigenvalue weighted by Gasteiger charge is -2.09. The standard InChI is InChI=1S/C16H15ClN4O.ClH/c1-11-9-13(10-19-20-16(22)7-8-18)12(2)21(11)15-5-3-14(17)4-6-15;/h3-6,9-10H,7H2,1-2H3,(H,20,22);1H/b19-10+;. The second kappa shape index (κ2) is 8.37. The van der Waals surface area contributed by atoms with Crippen LogP contribution in [0.25, 0.3) is 5.69 Å². The van der Waals surface area contributed by atoms with Crippen molar-refractivity contribution in [3.63, 3.8) is 0 Å². The van der Waals surface area contributed by atoms with E-state index >= 15 is 0 Å². The molecule has 7 heteroatoms. The van der Waals surface area contributed by atoms with Gasteiger partial charge in [-0.25, -0.2) is 5.43 Å². The number of hydrogen-bond acceptors (Lipinski definition) is 3. The SMILES string of the molecule is Cc1cc(/C=N/NC(=O)CC#N)c(C)n1-c1ccc(Cl)cc1.Cl.